The Hall–Kier alpha value is -1.51. The Balaban J connectivity index is 2.34. The lowest BCUT2D eigenvalue weighted by molar-refractivity contribution is 0.818. The number of halogens is 1. The van der Waals surface area contributed by atoms with E-state index < -0.39 is 0 Å². The lowest BCUT2D eigenvalue weighted by atomic mass is 10.1. The van der Waals surface area contributed by atoms with E-state index in [-0.39, 0.29) is 6.04 Å². The summed E-state index contributed by atoms with van der Waals surface area (Å²) >= 11 is 6.32. The molecule has 0 unspecified atom stereocenters. The second-order valence-electron chi connectivity index (χ2n) is 4.39. The number of benzene rings is 2. The zero-order valence-electron chi connectivity index (χ0n) is 10.6. The summed E-state index contributed by atoms with van der Waals surface area (Å²) < 4.78 is 0. The van der Waals surface area contributed by atoms with Gasteiger partial charge < -0.3 is 10.6 Å². The van der Waals surface area contributed by atoms with Gasteiger partial charge in [0.1, 0.15) is 0 Å². The topological polar surface area (TPSA) is 29.3 Å². The van der Waals surface area contributed by atoms with E-state index >= 15 is 0 Å². The molecule has 0 fully saturated rings. The Bertz CT molecular complexity index is 523. The van der Waals surface area contributed by atoms with Gasteiger partial charge in [0, 0.05) is 18.8 Å². The molecule has 0 aliphatic heterocycles. The lowest BCUT2D eigenvalue weighted by Crippen LogP contribution is -2.11. The molecule has 2 rings (SSSR count). The molecular weight excluding hydrogens is 244 g/mol. The summed E-state index contributed by atoms with van der Waals surface area (Å²) in [5, 5.41) is 0.719. The molecule has 1 atom stereocenters. The smallest absolute Gasteiger partial charge is 0.0646 e. The van der Waals surface area contributed by atoms with Crippen molar-refractivity contribution >= 4 is 23.0 Å². The monoisotopic (exact) mass is 260 g/mol. The van der Waals surface area contributed by atoms with Crippen molar-refractivity contribution in [3.8, 4) is 0 Å². The quantitative estimate of drug-likeness (QED) is 0.899. The minimum absolute atomic E-state index is 0.00131. The third-order valence-corrected chi connectivity index (χ3v) is 3.31. The van der Waals surface area contributed by atoms with E-state index in [4.69, 9.17) is 17.3 Å². The standard InChI is InChI=1S/C15H17ClN2/c1-11(17)12-8-9-15(14(16)10-12)18(2)13-6-4-3-5-7-13/h3-11H,17H2,1-2H3/t11-/m0/s1. The Labute approximate surface area is 113 Å². The van der Waals surface area contributed by atoms with Gasteiger partial charge in [-0.1, -0.05) is 35.9 Å². The fraction of sp³-hybridized carbons (Fsp3) is 0.200. The van der Waals surface area contributed by atoms with E-state index in [1.165, 1.54) is 0 Å². The number of nitrogens with zero attached hydrogens (tertiary/aromatic N) is 1. The van der Waals surface area contributed by atoms with Crippen LogP contribution < -0.4 is 10.6 Å². The minimum Gasteiger partial charge on any atom is -0.343 e. The van der Waals surface area contributed by atoms with Gasteiger partial charge in [-0.25, -0.2) is 0 Å². The van der Waals surface area contributed by atoms with E-state index in [0.29, 0.717) is 0 Å². The van der Waals surface area contributed by atoms with Crippen LogP contribution in [0.1, 0.15) is 18.5 Å². The van der Waals surface area contributed by atoms with Crippen molar-refractivity contribution in [3.05, 3.63) is 59.1 Å². The molecule has 94 valence electrons. The van der Waals surface area contributed by atoms with Crippen molar-refractivity contribution < 1.29 is 0 Å². The molecule has 3 heteroatoms. The first kappa shape index (κ1) is 12.9. The maximum atomic E-state index is 6.32. The zero-order chi connectivity index (χ0) is 13.1. The average Bonchev–Trinajstić information content (AvgIpc) is 2.38. The molecular formula is C15H17ClN2. The first-order valence-electron chi connectivity index (χ1n) is 5.93. The molecule has 18 heavy (non-hydrogen) atoms. The van der Waals surface area contributed by atoms with Gasteiger partial charge >= 0.3 is 0 Å². The molecule has 0 radical (unpaired) electrons. The van der Waals surface area contributed by atoms with Crippen molar-refractivity contribution in [1.29, 1.82) is 0 Å². The summed E-state index contributed by atoms with van der Waals surface area (Å²) in [6.07, 6.45) is 0. The van der Waals surface area contributed by atoms with Crippen LogP contribution in [0.5, 0.6) is 0 Å². The minimum atomic E-state index is -0.00131. The van der Waals surface area contributed by atoms with Gasteiger partial charge in [0.2, 0.25) is 0 Å². The van der Waals surface area contributed by atoms with Crippen molar-refractivity contribution in [1.82, 2.24) is 0 Å². The Morgan fingerprint density at radius 2 is 1.78 bits per heavy atom. The molecule has 2 nitrogen and oxygen atoms in total. The molecule has 0 amide bonds. The van der Waals surface area contributed by atoms with Crippen LogP contribution in [-0.2, 0) is 0 Å². The summed E-state index contributed by atoms with van der Waals surface area (Å²) in [5.74, 6) is 0. The van der Waals surface area contributed by atoms with E-state index in [2.05, 4.69) is 17.0 Å². The summed E-state index contributed by atoms with van der Waals surface area (Å²) in [6.45, 7) is 1.95. The Kier molecular flexibility index (Phi) is 3.90. The predicted molar refractivity (Wildman–Crippen MR) is 78.6 cm³/mol. The molecule has 0 bridgehead atoms. The van der Waals surface area contributed by atoms with Crippen molar-refractivity contribution in [2.75, 3.05) is 11.9 Å². The lowest BCUT2D eigenvalue weighted by Gasteiger charge is -2.21. The van der Waals surface area contributed by atoms with Crippen molar-refractivity contribution in [2.45, 2.75) is 13.0 Å². The highest BCUT2D eigenvalue weighted by atomic mass is 35.5. The van der Waals surface area contributed by atoms with E-state index in [0.717, 1.165) is 22.0 Å². The van der Waals surface area contributed by atoms with Gasteiger partial charge in [0.25, 0.3) is 0 Å². The number of hydrogen-bond acceptors (Lipinski definition) is 2. The van der Waals surface area contributed by atoms with Crippen LogP contribution in [0.3, 0.4) is 0 Å². The predicted octanol–water partition coefficient (Wildman–Crippen LogP) is 4.13. The van der Waals surface area contributed by atoms with Gasteiger partial charge in [-0.3, -0.25) is 0 Å². The Morgan fingerprint density at radius 1 is 1.11 bits per heavy atom. The average molecular weight is 261 g/mol. The van der Waals surface area contributed by atoms with Crippen LogP contribution >= 0.6 is 11.6 Å². The van der Waals surface area contributed by atoms with Gasteiger partial charge in [0.05, 0.1) is 10.7 Å². The highest BCUT2D eigenvalue weighted by Crippen LogP contribution is 2.32. The molecule has 0 aliphatic carbocycles. The molecule has 0 spiro atoms. The van der Waals surface area contributed by atoms with E-state index in [1.54, 1.807) is 0 Å². The van der Waals surface area contributed by atoms with Crippen molar-refractivity contribution in [2.24, 2.45) is 5.73 Å². The van der Waals surface area contributed by atoms with Crippen LogP contribution in [0.25, 0.3) is 0 Å². The van der Waals surface area contributed by atoms with Gasteiger partial charge in [-0.2, -0.15) is 0 Å². The third kappa shape index (κ3) is 2.66. The van der Waals surface area contributed by atoms with Crippen LogP contribution in [0.4, 0.5) is 11.4 Å². The second-order valence-corrected chi connectivity index (χ2v) is 4.80. The molecule has 0 saturated carbocycles. The van der Waals surface area contributed by atoms with Crippen LogP contribution in [0.15, 0.2) is 48.5 Å². The number of hydrogen-bond donors (Lipinski definition) is 1. The maximum absolute atomic E-state index is 6.32. The first-order valence-corrected chi connectivity index (χ1v) is 6.31. The molecule has 0 aromatic heterocycles. The molecule has 0 aliphatic rings. The molecule has 0 saturated heterocycles. The summed E-state index contributed by atoms with van der Waals surface area (Å²) in [6, 6.07) is 16.1. The Morgan fingerprint density at radius 3 is 2.33 bits per heavy atom. The second kappa shape index (κ2) is 5.42. The summed E-state index contributed by atoms with van der Waals surface area (Å²) in [4.78, 5) is 2.06. The van der Waals surface area contributed by atoms with E-state index in [9.17, 15) is 0 Å². The fourth-order valence-electron chi connectivity index (χ4n) is 1.87. The summed E-state index contributed by atoms with van der Waals surface area (Å²) in [5.41, 5.74) is 8.98. The summed E-state index contributed by atoms with van der Waals surface area (Å²) in [7, 11) is 2.00. The van der Waals surface area contributed by atoms with Gasteiger partial charge in [-0.15, -0.1) is 0 Å². The number of rotatable bonds is 3. The fourth-order valence-corrected chi connectivity index (χ4v) is 2.18. The van der Waals surface area contributed by atoms with Gasteiger partial charge in [0.15, 0.2) is 0 Å². The maximum Gasteiger partial charge on any atom is 0.0646 e. The third-order valence-electron chi connectivity index (χ3n) is 3.00. The van der Waals surface area contributed by atoms with Gasteiger partial charge in [-0.05, 0) is 36.8 Å². The largest absolute Gasteiger partial charge is 0.343 e. The SMILES string of the molecule is C[C@H](N)c1ccc(N(C)c2ccccc2)c(Cl)c1. The molecule has 2 aromatic carbocycles. The number of anilines is 2. The molecule has 2 aromatic rings. The van der Waals surface area contributed by atoms with Crippen LogP contribution in [-0.4, -0.2) is 7.05 Å². The highest BCUT2D eigenvalue weighted by Gasteiger charge is 2.09. The number of para-hydroxylation sites is 1. The highest BCUT2D eigenvalue weighted by molar-refractivity contribution is 6.33. The molecule has 0 heterocycles. The van der Waals surface area contributed by atoms with Crippen LogP contribution in [0, 0.1) is 0 Å². The normalized spacial score (nSPS) is 12.2. The van der Waals surface area contributed by atoms with Crippen molar-refractivity contribution in [3.63, 3.8) is 0 Å². The molecule has 2 N–H and O–H groups in total. The van der Waals surface area contributed by atoms with Crippen LogP contribution in [0.2, 0.25) is 5.02 Å². The van der Waals surface area contributed by atoms with E-state index in [1.807, 2.05) is 50.4 Å². The number of nitrogens with two attached hydrogens (primary N) is 1. The zero-order valence-corrected chi connectivity index (χ0v) is 11.4. The first-order chi connectivity index (χ1) is 8.59.